The van der Waals surface area contributed by atoms with Crippen molar-refractivity contribution in [2.24, 2.45) is 5.73 Å². The van der Waals surface area contributed by atoms with Crippen molar-refractivity contribution in [1.29, 1.82) is 0 Å². The number of hydrogen-bond acceptors (Lipinski definition) is 4. The highest BCUT2D eigenvalue weighted by molar-refractivity contribution is 5.14. The maximum atomic E-state index is 8.92. The van der Waals surface area contributed by atoms with Crippen LogP contribution < -0.4 is 11.1 Å². The molecule has 1 aromatic carbocycles. The van der Waals surface area contributed by atoms with Crippen molar-refractivity contribution in [3.05, 3.63) is 60.3 Å². The Morgan fingerprint density at radius 2 is 2.11 bits per heavy atom. The topological polar surface area (TPSA) is 67.5 Å². The van der Waals surface area contributed by atoms with Crippen LogP contribution in [0.1, 0.15) is 18.4 Å². The second-order valence-corrected chi connectivity index (χ2v) is 3.89. The second kappa shape index (κ2) is 8.06. The highest BCUT2D eigenvalue weighted by Crippen LogP contribution is 2.02. The first kappa shape index (κ1) is 14.0. The van der Waals surface area contributed by atoms with E-state index in [0.717, 1.165) is 5.56 Å². The fourth-order valence-corrected chi connectivity index (χ4v) is 1.40. The number of benzene rings is 1. The molecule has 4 nitrogen and oxygen atoms in total. The van der Waals surface area contributed by atoms with Crippen molar-refractivity contribution in [3.8, 4) is 0 Å². The number of rotatable bonds is 8. The molecule has 0 aliphatic rings. The second-order valence-electron chi connectivity index (χ2n) is 3.89. The summed E-state index contributed by atoms with van der Waals surface area (Å²) in [5, 5.41) is 12.0. The number of aliphatic hydroxyl groups excluding tert-OH is 1. The third-order valence-corrected chi connectivity index (χ3v) is 2.33. The molecule has 0 aliphatic heterocycles. The van der Waals surface area contributed by atoms with Crippen LogP contribution in [0.3, 0.4) is 0 Å². The van der Waals surface area contributed by atoms with E-state index in [9.17, 15) is 0 Å². The average Bonchev–Trinajstić information content (AvgIpc) is 2.39. The zero-order valence-electron chi connectivity index (χ0n) is 10.4. The van der Waals surface area contributed by atoms with Gasteiger partial charge in [0.15, 0.2) is 0 Å². The number of nitrogens with one attached hydrogen (secondary N) is 1. The Morgan fingerprint density at radius 1 is 1.39 bits per heavy atom. The summed E-state index contributed by atoms with van der Waals surface area (Å²) in [6, 6.07) is 9.99. The van der Waals surface area contributed by atoms with E-state index in [1.54, 1.807) is 0 Å². The Morgan fingerprint density at radius 3 is 2.72 bits per heavy atom. The van der Waals surface area contributed by atoms with Crippen LogP contribution in [0.25, 0.3) is 0 Å². The molecule has 98 valence electrons. The first-order chi connectivity index (χ1) is 8.72. The normalized spacial score (nSPS) is 11.0. The molecule has 4 heteroatoms. The molecule has 0 fully saturated rings. The fourth-order valence-electron chi connectivity index (χ4n) is 1.40. The van der Waals surface area contributed by atoms with Crippen molar-refractivity contribution < 1.29 is 9.84 Å². The molecule has 0 heterocycles. The van der Waals surface area contributed by atoms with Gasteiger partial charge in [-0.15, -0.1) is 0 Å². The zero-order chi connectivity index (χ0) is 13.2. The van der Waals surface area contributed by atoms with Crippen molar-refractivity contribution in [1.82, 2.24) is 5.32 Å². The zero-order valence-corrected chi connectivity index (χ0v) is 10.4. The average molecular weight is 248 g/mol. The number of hydrogen-bond donors (Lipinski definition) is 3. The van der Waals surface area contributed by atoms with Gasteiger partial charge in [0.2, 0.25) is 5.88 Å². The predicted octanol–water partition coefficient (Wildman–Crippen LogP) is 2.40. The maximum absolute atomic E-state index is 8.92. The molecule has 0 amide bonds. The molecule has 0 aliphatic carbocycles. The summed E-state index contributed by atoms with van der Waals surface area (Å²) in [6.45, 7) is 4.57. The summed E-state index contributed by atoms with van der Waals surface area (Å²) < 4.78 is 5.44. The van der Waals surface area contributed by atoms with E-state index in [0.29, 0.717) is 31.9 Å². The molecule has 0 spiro atoms. The van der Waals surface area contributed by atoms with E-state index in [1.165, 1.54) is 6.20 Å². The first-order valence-corrected chi connectivity index (χ1v) is 5.91. The molecule has 0 saturated carbocycles. The van der Waals surface area contributed by atoms with E-state index in [-0.39, 0.29) is 5.76 Å². The van der Waals surface area contributed by atoms with Gasteiger partial charge in [0, 0.05) is 13.0 Å². The molecule has 0 unspecified atom stereocenters. The molecule has 0 radical (unpaired) electrons. The minimum absolute atomic E-state index is 0.175. The van der Waals surface area contributed by atoms with Crippen molar-refractivity contribution in [3.63, 3.8) is 0 Å². The van der Waals surface area contributed by atoms with E-state index < -0.39 is 0 Å². The Hall–Kier alpha value is -2.10. The van der Waals surface area contributed by atoms with Crippen molar-refractivity contribution >= 4 is 0 Å². The van der Waals surface area contributed by atoms with E-state index in [2.05, 4.69) is 11.9 Å². The summed E-state index contributed by atoms with van der Waals surface area (Å²) in [7, 11) is 0. The highest BCUT2D eigenvalue weighted by Gasteiger charge is 1.98. The Labute approximate surface area is 108 Å². The van der Waals surface area contributed by atoms with Crippen LogP contribution in [0.4, 0.5) is 0 Å². The lowest BCUT2D eigenvalue weighted by Crippen LogP contribution is -2.17. The van der Waals surface area contributed by atoms with Crippen LogP contribution in [0, 0.1) is 0 Å². The first-order valence-electron chi connectivity index (χ1n) is 5.91. The van der Waals surface area contributed by atoms with Crippen LogP contribution >= 0.6 is 0 Å². The number of ether oxygens (including phenoxy) is 1. The summed E-state index contributed by atoms with van der Waals surface area (Å²) in [4.78, 5) is 0. The van der Waals surface area contributed by atoms with Crippen LogP contribution in [-0.2, 0) is 11.3 Å². The predicted molar refractivity (Wildman–Crippen MR) is 72.5 cm³/mol. The monoisotopic (exact) mass is 248 g/mol. The smallest absolute Gasteiger partial charge is 0.203 e. The third-order valence-electron chi connectivity index (χ3n) is 2.33. The number of aliphatic hydroxyl groups is 1. The number of allylic oxidation sites excluding steroid dienone is 1. The van der Waals surface area contributed by atoms with E-state index in [1.807, 2.05) is 30.3 Å². The molecule has 18 heavy (non-hydrogen) atoms. The summed E-state index contributed by atoms with van der Waals surface area (Å²) in [6.07, 6.45) is 2.65. The van der Waals surface area contributed by atoms with Crippen molar-refractivity contribution in [2.45, 2.75) is 19.4 Å². The maximum Gasteiger partial charge on any atom is 0.203 e. The van der Waals surface area contributed by atoms with Gasteiger partial charge in [0.1, 0.15) is 0 Å². The fraction of sp³-hybridized carbons (Fsp3) is 0.286. The molecule has 0 atom stereocenters. The van der Waals surface area contributed by atoms with Crippen LogP contribution in [0.2, 0.25) is 0 Å². The van der Waals surface area contributed by atoms with Gasteiger partial charge in [-0.3, -0.25) is 0 Å². The molecule has 1 aromatic rings. The van der Waals surface area contributed by atoms with Gasteiger partial charge in [-0.05, 0) is 12.0 Å². The van der Waals surface area contributed by atoms with Gasteiger partial charge in [-0.1, -0.05) is 36.9 Å². The van der Waals surface area contributed by atoms with Gasteiger partial charge in [-0.2, -0.15) is 0 Å². The minimum atomic E-state index is 0.175. The summed E-state index contributed by atoms with van der Waals surface area (Å²) in [5.41, 5.74) is 6.62. The molecule has 0 saturated heterocycles. The van der Waals surface area contributed by atoms with Crippen molar-refractivity contribution in [2.75, 3.05) is 6.61 Å². The van der Waals surface area contributed by atoms with Crippen LogP contribution in [-0.4, -0.2) is 11.7 Å². The minimum Gasteiger partial charge on any atom is -0.513 e. The van der Waals surface area contributed by atoms with E-state index >= 15 is 0 Å². The molecular formula is C14H20N2O2. The Bertz CT molecular complexity index is 388. The lowest BCUT2D eigenvalue weighted by Gasteiger charge is -2.12. The highest BCUT2D eigenvalue weighted by atomic mass is 16.5. The van der Waals surface area contributed by atoms with Gasteiger partial charge < -0.3 is 20.9 Å². The van der Waals surface area contributed by atoms with Gasteiger partial charge in [0.05, 0.1) is 18.6 Å². The lowest BCUT2D eigenvalue weighted by atomic mass is 10.2. The van der Waals surface area contributed by atoms with Crippen LogP contribution in [0.15, 0.2) is 54.8 Å². The van der Waals surface area contributed by atoms with Crippen LogP contribution in [0.5, 0.6) is 0 Å². The lowest BCUT2D eigenvalue weighted by molar-refractivity contribution is 0.182. The SMILES string of the molecule is C=C(O)CCCO/C(=C/N)NCc1ccccc1. The molecule has 4 N–H and O–H groups in total. The van der Waals surface area contributed by atoms with E-state index in [4.69, 9.17) is 15.6 Å². The van der Waals surface area contributed by atoms with Gasteiger partial charge in [-0.25, -0.2) is 0 Å². The summed E-state index contributed by atoms with van der Waals surface area (Å²) >= 11 is 0. The Balaban J connectivity index is 2.24. The summed E-state index contributed by atoms with van der Waals surface area (Å²) in [5.74, 6) is 0.719. The quantitative estimate of drug-likeness (QED) is 0.488. The molecule has 0 bridgehead atoms. The largest absolute Gasteiger partial charge is 0.513 e. The van der Waals surface area contributed by atoms with Gasteiger partial charge in [0.25, 0.3) is 0 Å². The Kier molecular flexibility index (Phi) is 6.25. The molecule has 0 aromatic heterocycles. The third kappa shape index (κ3) is 5.84. The van der Waals surface area contributed by atoms with Gasteiger partial charge >= 0.3 is 0 Å². The molecule has 1 rings (SSSR count). The standard InChI is InChI=1S/C14H20N2O2/c1-12(17)6-5-9-18-14(10-15)16-11-13-7-3-2-4-8-13/h2-4,7-8,10,16-17H,1,5-6,9,11,15H2/b14-10+. The number of nitrogens with two attached hydrogens (primary N) is 1. The molecular weight excluding hydrogens is 228 g/mol.